The van der Waals surface area contributed by atoms with Crippen LogP contribution in [0, 0.1) is 9.39 Å². The molecule has 1 N–H and O–H groups in total. The van der Waals surface area contributed by atoms with Crippen molar-refractivity contribution < 1.29 is 14.0 Å². The Morgan fingerprint density at radius 1 is 1.64 bits per heavy atom. The van der Waals surface area contributed by atoms with Crippen molar-refractivity contribution in [1.82, 2.24) is 5.48 Å². The van der Waals surface area contributed by atoms with Gasteiger partial charge < -0.3 is 0 Å². The summed E-state index contributed by atoms with van der Waals surface area (Å²) in [5.74, 6) is -0.724. The number of hydrogen-bond donors (Lipinski definition) is 1. The predicted molar refractivity (Wildman–Crippen MR) is 58.2 cm³/mol. The van der Waals surface area contributed by atoms with Crippen LogP contribution < -0.4 is 5.48 Å². The van der Waals surface area contributed by atoms with Gasteiger partial charge in [-0.2, -0.15) is 0 Å². The minimum absolute atomic E-state index is 0.359. The number of carbonyl (C=O) groups is 1. The van der Waals surface area contributed by atoms with E-state index in [9.17, 15) is 9.18 Å². The van der Waals surface area contributed by atoms with Crippen LogP contribution >= 0.6 is 22.6 Å². The molecule has 0 atom stereocenters. The van der Waals surface area contributed by atoms with Gasteiger partial charge >= 0.3 is 0 Å². The second-order valence-electron chi connectivity index (χ2n) is 2.49. The van der Waals surface area contributed by atoms with Gasteiger partial charge in [0.25, 0.3) is 5.91 Å². The molecule has 0 saturated carbocycles. The second kappa shape index (κ2) is 5.26. The van der Waals surface area contributed by atoms with Crippen LogP contribution in [0.4, 0.5) is 4.39 Å². The first-order valence-corrected chi connectivity index (χ1v) is 5.10. The van der Waals surface area contributed by atoms with Crippen LogP contribution in [0.5, 0.6) is 0 Å². The van der Waals surface area contributed by atoms with E-state index in [-0.39, 0.29) is 11.7 Å². The maximum atomic E-state index is 12.7. The molecule has 1 rings (SSSR count). The van der Waals surface area contributed by atoms with E-state index in [0.29, 0.717) is 15.7 Å². The fourth-order valence-corrected chi connectivity index (χ4v) is 1.59. The van der Waals surface area contributed by atoms with Gasteiger partial charge in [0, 0.05) is 3.57 Å². The van der Waals surface area contributed by atoms with Crippen molar-refractivity contribution in [2.24, 2.45) is 0 Å². The summed E-state index contributed by atoms with van der Waals surface area (Å²) < 4.78 is 13.3. The Hall–Kier alpha value is -0.690. The summed E-state index contributed by atoms with van der Waals surface area (Å²) in [6.45, 7) is 2.15. The summed E-state index contributed by atoms with van der Waals surface area (Å²) in [5.41, 5.74) is 2.65. The topological polar surface area (TPSA) is 38.3 Å². The Labute approximate surface area is 94.7 Å². The molecule has 76 valence electrons. The maximum absolute atomic E-state index is 12.7. The van der Waals surface area contributed by atoms with Gasteiger partial charge in [-0.3, -0.25) is 9.63 Å². The first kappa shape index (κ1) is 11.4. The minimum Gasteiger partial charge on any atom is -0.274 e. The van der Waals surface area contributed by atoms with Crippen LogP contribution in [0.2, 0.25) is 0 Å². The van der Waals surface area contributed by atoms with Gasteiger partial charge in [-0.1, -0.05) is 0 Å². The van der Waals surface area contributed by atoms with E-state index in [4.69, 9.17) is 4.84 Å². The molecule has 0 heterocycles. The smallest absolute Gasteiger partial charge is 0.274 e. The molecule has 5 heteroatoms. The third-order valence-corrected chi connectivity index (χ3v) is 2.38. The average molecular weight is 309 g/mol. The number of hydrogen-bond acceptors (Lipinski definition) is 2. The molecular formula is C9H9FINO2. The Kier molecular flexibility index (Phi) is 4.27. The lowest BCUT2D eigenvalue weighted by Crippen LogP contribution is -2.24. The van der Waals surface area contributed by atoms with Crippen molar-refractivity contribution in [2.75, 3.05) is 6.61 Å². The number of amides is 1. The number of hydroxylamine groups is 1. The number of benzene rings is 1. The summed E-state index contributed by atoms with van der Waals surface area (Å²) in [5, 5.41) is 0. The third-order valence-electron chi connectivity index (χ3n) is 1.48. The number of nitrogens with one attached hydrogen (secondary N) is 1. The van der Waals surface area contributed by atoms with Crippen molar-refractivity contribution in [1.29, 1.82) is 0 Å². The van der Waals surface area contributed by atoms with Crippen LogP contribution in [0.15, 0.2) is 18.2 Å². The molecule has 0 fully saturated rings. The van der Waals surface area contributed by atoms with Crippen molar-refractivity contribution >= 4 is 28.5 Å². The zero-order valence-corrected chi connectivity index (χ0v) is 9.67. The normalized spacial score (nSPS) is 9.93. The standard InChI is InChI=1S/C9H9FINO2/c1-2-14-12-9(13)7-4-3-6(10)5-8(7)11/h3-5H,2H2,1H3,(H,12,13). The van der Waals surface area contributed by atoms with E-state index >= 15 is 0 Å². The average Bonchev–Trinajstić information content (AvgIpc) is 2.14. The lowest BCUT2D eigenvalue weighted by molar-refractivity contribution is 0.0363. The monoisotopic (exact) mass is 309 g/mol. The molecule has 0 aliphatic rings. The van der Waals surface area contributed by atoms with Crippen LogP contribution in [-0.2, 0) is 4.84 Å². The van der Waals surface area contributed by atoms with E-state index in [1.165, 1.54) is 18.2 Å². The molecule has 0 radical (unpaired) electrons. The number of carbonyl (C=O) groups excluding carboxylic acids is 1. The van der Waals surface area contributed by atoms with Crippen molar-refractivity contribution in [3.05, 3.63) is 33.1 Å². The van der Waals surface area contributed by atoms with Crippen molar-refractivity contribution in [2.45, 2.75) is 6.92 Å². The van der Waals surface area contributed by atoms with Gasteiger partial charge in [0.1, 0.15) is 5.82 Å². The summed E-state index contributed by atoms with van der Waals surface area (Å²) in [6.07, 6.45) is 0. The largest absolute Gasteiger partial charge is 0.275 e. The first-order chi connectivity index (χ1) is 6.65. The Balaban J connectivity index is 2.80. The fourth-order valence-electron chi connectivity index (χ4n) is 0.866. The third kappa shape index (κ3) is 2.91. The number of halogens is 2. The first-order valence-electron chi connectivity index (χ1n) is 4.02. The van der Waals surface area contributed by atoms with Crippen LogP contribution in [0.3, 0.4) is 0 Å². The molecule has 0 aromatic heterocycles. The van der Waals surface area contributed by atoms with E-state index in [1.54, 1.807) is 6.92 Å². The van der Waals surface area contributed by atoms with Gasteiger partial charge in [0.2, 0.25) is 0 Å². The molecule has 0 aliphatic carbocycles. The van der Waals surface area contributed by atoms with E-state index < -0.39 is 0 Å². The quantitative estimate of drug-likeness (QED) is 0.686. The molecule has 1 aromatic rings. The van der Waals surface area contributed by atoms with Crippen molar-refractivity contribution in [3.63, 3.8) is 0 Å². The fraction of sp³-hybridized carbons (Fsp3) is 0.222. The number of rotatable bonds is 3. The van der Waals surface area contributed by atoms with Gasteiger partial charge in [0.05, 0.1) is 12.2 Å². The highest BCUT2D eigenvalue weighted by atomic mass is 127. The summed E-state index contributed by atoms with van der Waals surface area (Å²) in [4.78, 5) is 16.1. The van der Waals surface area contributed by atoms with Gasteiger partial charge in [-0.25, -0.2) is 9.87 Å². The summed E-state index contributed by atoms with van der Waals surface area (Å²) in [7, 11) is 0. The molecule has 0 saturated heterocycles. The highest BCUT2D eigenvalue weighted by Gasteiger charge is 2.09. The lowest BCUT2D eigenvalue weighted by atomic mass is 10.2. The van der Waals surface area contributed by atoms with E-state index in [0.717, 1.165) is 0 Å². The molecule has 3 nitrogen and oxygen atoms in total. The SMILES string of the molecule is CCONC(=O)c1ccc(F)cc1I. The predicted octanol–water partition coefficient (Wildman–Crippen LogP) is 2.11. The zero-order valence-electron chi connectivity index (χ0n) is 7.51. The molecule has 0 bridgehead atoms. The van der Waals surface area contributed by atoms with Gasteiger partial charge in [-0.15, -0.1) is 0 Å². The zero-order chi connectivity index (χ0) is 10.6. The molecule has 14 heavy (non-hydrogen) atoms. The van der Waals surface area contributed by atoms with Gasteiger partial charge in [0.15, 0.2) is 0 Å². The molecule has 0 aliphatic heterocycles. The van der Waals surface area contributed by atoms with Crippen LogP contribution in [0.1, 0.15) is 17.3 Å². The van der Waals surface area contributed by atoms with Crippen molar-refractivity contribution in [3.8, 4) is 0 Å². The highest BCUT2D eigenvalue weighted by Crippen LogP contribution is 2.13. The molecule has 0 spiro atoms. The summed E-state index contributed by atoms with van der Waals surface area (Å²) in [6, 6.07) is 3.95. The van der Waals surface area contributed by atoms with Gasteiger partial charge in [-0.05, 0) is 47.7 Å². The molecular weight excluding hydrogens is 300 g/mol. The molecule has 1 amide bonds. The van der Waals surface area contributed by atoms with E-state index in [1.807, 2.05) is 22.6 Å². The highest BCUT2D eigenvalue weighted by molar-refractivity contribution is 14.1. The Bertz CT molecular complexity index is 344. The second-order valence-corrected chi connectivity index (χ2v) is 3.65. The lowest BCUT2D eigenvalue weighted by Gasteiger charge is -2.05. The molecule has 0 unspecified atom stereocenters. The van der Waals surface area contributed by atoms with Crippen LogP contribution in [-0.4, -0.2) is 12.5 Å². The Morgan fingerprint density at radius 2 is 2.36 bits per heavy atom. The van der Waals surface area contributed by atoms with Crippen LogP contribution in [0.25, 0.3) is 0 Å². The molecule has 1 aromatic carbocycles. The minimum atomic E-state index is -0.365. The van der Waals surface area contributed by atoms with E-state index in [2.05, 4.69) is 5.48 Å². The maximum Gasteiger partial charge on any atom is 0.275 e. The summed E-state index contributed by atoms with van der Waals surface area (Å²) >= 11 is 1.90. The Morgan fingerprint density at radius 3 is 2.93 bits per heavy atom.